The van der Waals surface area contributed by atoms with Gasteiger partial charge in [0.05, 0.1) is 14.2 Å². The molecule has 0 aliphatic heterocycles. The van der Waals surface area contributed by atoms with Crippen molar-refractivity contribution >= 4 is 22.4 Å². The Morgan fingerprint density at radius 1 is 1.04 bits per heavy atom. The van der Waals surface area contributed by atoms with E-state index >= 15 is 0 Å². The molecular weight excluding hydrogens is 378 g/mol. The number of hydrogen-bond acceptors (Lipinski definition) is 7. The third kappa shape index (κ3) is 4.77. The number of amides is 1. The van der Waals surface area contributed by atoms with Gasteiger partial charge in [-0.05, 0) is 42.8 Å². The van der Waals surface area contributed by atoms with E-state index in [-0.39, 0.29) is 5.91 Å². The molecule has 0 fully saturated rings. The van der Waals surface area contributed by atoms with Crippen LogP contribution in [0, 0.1) is 0 Å². The van der Waals surface area contributed by atoms with Crippen molar-refractivity contribution in [1.29, 1.82) is 0 Å². The van der Waals surface area contributed by atoms with Gasteiger partial charge in [-0.3, -0.25) is 10.1 Å². The van der Waals surface area contributed by atoms with Crippen molar-refractivity contribution in [2.24, 2.45) is 0 Å². The summed E-state index contributed by atoms with van der Waals surface area (Å²) in [4.78, 5) is 12.6. The van der Waals surface area contributed by atoms with E-state index in [1.54, 1.807) is 26.4 Å². The van der Waals surface area contributed by atoms with Gasteiger partial charge in [0, 0.05) is 11.6 Å². The molecule has 3 rings (SSSR count). The first-order chi connectivity index (χ1) is 13.6. The van der Waals surface area contributed by atoms with Crippen LogP contribution in [-0.4, -0.2) is 36.4 Å². The molecular formula is C20H21N3O4S. The summed E-state index contributed by atoms with van der Waals surface area (Å²) in [6, 6.07) is 14.6. The van der Waals surface area contributed by atoms with E-state index in [1.807, 2.05) is 43.3 Å². The second-order valence-electron chi connectivity index (χ2n) is 5.82. The van der Waals surface area contributed by atoms with Crippen LogP contribution in [0.15, 0.2) is 48.5 Å². The maximum atomic E-state index is 12.6. The first-order valence-electron chi connectivity index (χ1n) is 8.72. The average molecular weight is 399 g/mol. The molecule has 1 heterocycles. The van der Waals surface area contributed by atoms with Gasteiger partial charge in [0.25, 0.3) is 5.91 Å². The maximum absolute atomic E-state index is 12.6. The molecule has 1 atom stereocenters. The van der Waals surface area contributed by atoms with Gasteiger partial charge in [-0.15, -0.1) is 10.2 Å². The van der Waals surface area contributed by atoms with Crippen LogP contribution in [0.3, 0.4) is 0 Å². The molecule has 0 spiro atoms. The van der Waals surface area contributed by atoms with Gasteiger partial charge in [-0.2, -0.15) is 0 Å². The second kappa shape index (κ2) is 9.18. The van der Waals surface area contributed by atoms with E-state index in [1.165, 1.54) is 11.3 Å². The molecule has 1 aromatic heterocycles. The Morgan fingerprint density at radius 2 is 1.75 bits per heavy atom. The Hall–Kier alpha value is -3.13. The van der Waals surface area contributed by atoms with Crippen LogP contribution < -0.4 is 19.5 Å². The lowest BCUT2D eigenvalue weighted by Gasteiger charge is -2.16. The largest absolute Gasteiger partial charge is 0.497 e. The highest BCUT2D eigenvalue weighted by atomic mass is 32.1. The van der Waals surface area contributed by atoms with Gasteiger partial charge in [0.1, 0.15) is 22.3 Å². The molecule has 0 aliphatic rings. The van der Waals surface area contributed by atoms with Crippen LogP contribution in [-0.2, 0) is 4.79 Å². The van der Waals surface area contributed by atoms with Gasteiger partial charge in [0.2, 0.25) is 5.13 Å². The SMILES string of the molecule is CC[C@H](Oc1cccc(OC)c1)C(=O)Nc1nnc(-c2ccc(OC)cc2)s1. The number of nitrogens with one attached hydrogen (secondary N) is 1. The normalized spacial score (nSPS) is 11.5. The minimum absolute atomic E-state index is 0.275. The lowest BCUT2D eigenvalue weighted by Crippen LogP contribution is -2.32. The van der Waals surface area contributed by atoms with Gasteiger partial charge >= 0.3 is 0 Å². The van der Waals surface area contributed by atoms with Gasteiger partial charge in [-0.25, -0.2) is 0 Å². The molecule has 0 saturated carbocycles. The zero-order valence-electron chi connectivity index (χ0n) is 15.8. The van der Waals surface area contributed by atoms with Crippen molar-refractivity contribution in [3.8, 4) is 27.8 Å². The zero-order valence-corrected chi connectivity index (χ0v) is 16.7. The zero-order chi connectivity index (χ0) is 19.9. The summed E-state index contributed by atoms with van der Waals surface area (Å²) in [7, 11) is 3.20. The minimum atomic E-state index is -0.652. The summed E-state index contributed by atoms with van der Waals surface area (Å²) in [6.07, 6.45) is -0.145. The minimum Gasteiger partial charge on any atom is -0.497 e. The highest BCUT2D eigenvalue weighted by molar-refractivity contribution is 7.18. The summed E-state index contributed by atoms with van der Waals surface area (Å²) in [5.74, 6) is 1.73. The number of benzene rings is 2. The van der Waals surface area contributed by atoms with Crippen LogP contribution in [0.25, 0.3) is 10.6 Å². The molecule has 0 aliphatic carbocycles. The number of nitrogens with zero attached hydrogens (tertiary/aromatic N) is 2. The van der Waals surface area contributed by atoms with Crippen LogP contribution in [0.1, 0.15) is 13.3 Å². The first kappa shape index (κ1) is 19.6. The molecule has 146 valence electrons. The van der Waals surface area contributed by atoms with Crippen molar-refractivity contribution in [3.63, 3.8) is 0 Å². The van der Waals surface area contributed by atoms with E-state index in [0.717, 1.165) is 11.3 Å². The Bertz CT molecular complexity index is 927. The molecule has 28 heavy (non-hydrogen) atoms. The molecule has 0 saturated heterocycles. The van der Waals surface area contributed by atoms with E-state index in [2.05, 4.69) is 15.5 Å². The number of rotatable bonds is 8. The van der Waals surface area contributed by atoms with E-state index < -0.39 is 6.10 Å². The van der Waals surface area contributed by atoms with E-state index in [9.17, 15) is 4.79 Å². The monoisotopic (exact) mass is 399 g/mol. The Morgan fingerprint density at radius 3 is 2.43 bits per heavy atom. The molecule has 8 heteroatoms. The Balaban J connectivity index is 1.66. The summed E-state index contributed by atoms with van der Waals surface area (Å²) >= 11 is 1.30. The van der Waals surface area contributed by atoms with Gasteiger partial charge in [0.15, 0.2) is 6.10 Å². The average Bonchev–Trinajstić information content (AvgIpc) is 3.20. The van der Waals surface area contributed by atoms with Crippen LogP contribution >= 0.6 is 11.3 Å². The summed E-state index contributed by atoms with van der Waals surface area (Å²) < 4.78 is 16.1. The summed E-state index contributed by atoms with van der Waals surface area (Å²) in [5.41, 5.74) is 0.901. The fraction of sp³-hybridized carbons (Fsp3) is 0.250. The standard InChI is InChI=1S/C20H21N3O4S/c1-4-17(27-16-7-5-6-15(12-16)26-3)18(24)21-20-23-22-19(28-20)13-8-10-14(25-2)11-9-13/h5-12,17H,4H2,1-3H3,(H,21,23,24)/t17-/m0/s1. The van der Waals surface area contributed by atoms with Gasteiger partial charge < -0.3 is 14.2 Å². The molecule has 1 amide bonds. The maximum Gasteiger partial charge on any atom is 0.267 e. The highest BCUT2D eigenvalue weighted by Crippen LogP contribution is 2.28. The van der Waals surface area contributed by atoms with Crippen molar-refractivity contribution in [3.05, 3.63) is 48.5 Å². The quantitative estimate of drug-likeness (QED) is 0.616. The third-order valence-corrected chi connectivity index (χ3v) is 4.86. The number of carbonyl (C=O) groups excluding carboxylic acids is 1. The highest BCUT2D eigenvalue weighted by Gasteiger charge is 2.20. The van der Waals surface area contributed by atoms with Crippen molar-refractivity contribution in [2.75, 3.05) is 19.5 Å². The smallest absolute Gasteiger partial charge is 0.267 e. The van der Waals surface area contributed by atoms with E-state index in [0.29, 0.717) is 28.1 Å². The predicted octanol–water partition coefficient (Wildman–Crippen LogP) is 4.02. The molecule has 0 bridgehead atoms. The summed E-state index contributed by atoms with van der Waals surface area (Å²) in [6.45, 7) is 1.88. The molecule has 2 aromatic carbocycles. The molecule has 1 N–H and O–H groups in total. The van der Waals surface area contributed by atoms with Crippen LogP contribution in [0.4, 0.5) is 5.13 Å². The molecule has 0 unspecified atom stereocenters. The fourth-order valence-corrected chi connectivity index (χ4v) is 3.22. The fourth-order valence-electron chi connectivity index (χ4n) is 2.47. The number of aromatic nitrogens is 2. The first-order valence-corrected chi connectivity index (χ1v) is 9.54. The number of anilines is 1. The topological polar surface area (TPSA) is 82.6 Å². The predicted molar refractivity (Wildman–Crippen MR) is 108 cm³/mol. The summed E-state index contributed by atoms with van der Waals surface area (Å²) in [5, 5.41) is 12.1. The Labute approximate surface area is 167 Å². The van der Waals surface area contributed by atoms with E-state index in [4.69, 9.17) is 14.2 Å². The van der Waals surface area contributed by atoms with Gasteiger partial charge in [-0.1, -0.05) is 24.3 Å². The Kier molecular flexibility index (Phi) is 6.44. The third-order valence-electron chi connectivity index (χ3n) is 3.97. The molecule has 7 nitrogen and oxygen atoms in total. The van der Waals surface area contributed by atoms with Crippen LogP contribution in [0.5, 0.6) is 17.2 Å². The van der Waals surface area contributed by atoms with Crippen molar-refractivity contribution in [2.45, 2.75) is 19.4 Å². The molecule has 3 aromatic rings. The number of ether oxygens (including phenoxy) is 3. The lowest BCUT2D eigenvalue weighted by molar-refractivity contribution is -0.122. The van der Waals surface area contributed by atoms with Crippen molar-refractivity contribution in [1.82, 2.24) is 10.2 Å². The van der Waals surface area contributed by atoms with Crippen molar-refractivity contribution < 1.29 is 19.0 Å². The molecule has 0 radical (unpaired) electrons. The van der Waals surface area contributed by atoms with Crippen LogP contribution in [0.2, 0.25) is 0 Å². The second-order valence-corrected chi connectivity index (χ2v) is 6.80. The lowest BCUT2D eigenvalue weighted by atomic mass is 10.2. The number of carbonyl (C=O) groups is 1. The number of hydrogen-bond donors (Lipinski definition) is 1. The number of methoxy groups -OCH3 is 2.